The molecule has 32 heavy (non-hydrogen) atoms. The Morgan fingerprint density at radius 3 is 2.69 bits per heavy atom. The summed E-state index contributed by atoms with van der Waals surface area (Å²) in [5.74, 6) is 1.85. The molecule has 2 aliphatic rings. The highest BCUT2D eigenvalue weighted by Crippen LogP contribution is 2.57. The molecule has 1 saturated carbocycles. The van der Waals surface area contributed by atoms with Crippen molar-refractivity contribution in [3.63, 3.8) is 0 Å². The largest absolute Gasteiger partial charge is 0.396 e. The van der Waals surface area contributed by atoms with Crippen LogP contribution in [-0.2, 0) is 6.42 Å². The first-order valence-electron chi connectivity index (χ1n) is 10.9. The van der Waals surface area contributed by atoms with Crippen LogP contribution in [0.25, 0.3) is 22.2 Å². The number of hydrogen-bond acceptors (Lipinski definition) is 5. The Balaban J connectivity index is 1.40. The van der Waals surface area contributed by atoms with Gasteiger partial charge in [-0.15, -0.1) is 0 Å². The molecule has 0 bridgehead atoms. The minimum Gasteiger partial charge on any atom is -0.353 e. The number of H-pyrrole nitrogens is 1. The zero-order valence-electron chi connectivity index (χ0n) is 18.2. The lowest BCUT2D eigenvalue weighted by Gasteiger charge is -2.25. The van der Waals surface area contributed by atoms with Crippen LogP contribution >= 0.6 is 0 Å². The standard InChI is InChI=1S/C23H25F3N6/c1-12(2)16-7-14-6-15(8-27-19(14)31-13(16)3)17-9-28-20-18(17)10-29-21(32-20)30-11-22(4-5-22)23(24,25)26/h6,8-10,12,16H,4-5,7,11H2,1-3H3,(H2,28,29,30,32)/t16-/m1/s1. The third-order valence-corrected chi connectivity index (χ3v) is 6.79. The van der Waals surface area contributed by atoms with Crippen LogP contribution in [0.2, 0.25) is 0 Å². The fourth-order valence-corrected chi connectivity index (χ4v) is 4.44. The van der Waals surface area contributed by atoms with E-state index in [0.29, 0.717) is 17.5 Å². The van der Waals surface area contributed by atoms with E-state index >= 15 is 0 Å². The van der Waals surface area contributed by atoms with Gasteiger partial charge in [0.05, 0.1) is 5.41 Å². The Kier molecular flexibility index (Phi) is 4.76. The molecule has 1 aliphatic carbocycles. The Morgan fingerprint density at radius 1 is 1.22 bits per heavy atom. The number of nitrogens with one attached hydrogen (secondary N) is 2. The average Bonchev–Trinajstić information content (AvgIpc) is 3.44. The number of halogens is 3. The number of hydrogen-bond donors (Lipinski definition) is 2. The van der Waals surface area contributed by atoms with E-state index in [1.807, 2.05) is 6.20 Å². The molecule has 0 radical (unpaired) electrons. The van der Waals surface area contributed by atoms with Crippen LogP contribution in [0.4, 0.5) is 24.9 Å². The van der Waals surface area contributed by atoms with E-state index in [1.165, 1.54) is 0 Å². The second-order valence-corrected chi connectivity index (χ2v) is 9.30. The second kappa shape index (κ2) is 7.28. The summed E-state index contributed by atoms with van der Waals surface area (Å²) in [6.45, 7) is 6.26. The van der Waals surface area contributed by atoms with Crippen LogP contribution in [0.1, 0.15) is 39.2 Å². The van der Waals surface area contributed by atoms with Crippen molar-refractivity contribution in [2.24, 2.45) is 22.2 Å². The molecule has 9 heteroatoms. The molecule has 168 valence electrons. The lowest BCUT2D eigenvalue weighted by Crippen LogP contribution is -2.31. The van der Waals surface area contributed by atoms with E-state index in [1.54, 1.807) is 12.4 Å². The summed E-state index contributed by atoms with van der Waals surface area (Å²) in [5, 5.41) is 3.56. The predicted octanol–water partition coefficient (Wildman–Crippen LogP) is 5.70. The molecule has 0 unspecified atom stereocenters. The molecular weight excluding hydrogens is 417 g/mol. The van der Waals surface area contributed by atoms with Crippen molar-refractivity contribution in [1.29, 1.82) is 0 Å². The van der Waals surface area contributed by atoms with E-state index in [0.717, 1.165) is 40.0 Å². The zero-order chi connectivity index (χ0) is 22.7. The minimum atomic E-state index is -4.21. The highest BCUT2D eigenvalue weighted by atomic mass is 19.4. The second-order valence-electron chi connectivity index (χ2n) is 9.30. The van der Waals surface area contributed by atoms with Crippen molar-refractivity contribution in [2.45, 2.75) is 46.2 Å². The van der Waals surface area contributed by atoms with E-state index < -0.39 is 11.6 Å². The maximum atomic E-state index is 13.2. The van der Waals surface area contributed by atoms with Gasteiger partial charge in [-0.25, -0.2) is 15.0 Å². The van der Waals surface area contributed by atoms with Gasteiger partial charge in [0.2, 0.25) is 5.95 Å². The summed E-state index contributed by atoms with van der Waals surface area (Å²) in [5.41, 5.74) is 3.00. The summed E-state index contributed by atoms with van der Waals surface area (Å²) in [6.07, 6.45) is 2.25. The highest BCUT2D eigenvalue weighted by molar-refractivity contribution is 5.94. The molecule has 2 N–H and O–H groups in total. The van der Waals surface area contributed by atoms with Crippen molar-refractivity contribution in [3.8, 4) is 11.1 Å². The highest BCUT2D eigenvalue weighted by Gasteiger charge is 2.62. The summed E-state index contributed by atoms with van der Waals surface area (Å²) >= 11 is 0. The predicted molar refractivity (Wildman–Crippen MR) is 118 cm³/mol. The van der Waals surface area contributed by atoms with Gasteiger partial charge in [0, 0.05) is 53.3 Å². The molecule has 6 nitrogen and oxygen atoms in total. The number of anilines is 1. The molecule has 0 saturated heterocycles. The molecule has 0 amide bonds. The third-order valence-electron chi connectivity index (χ3n) is 6.79. The third kappa shape index (κ3) is 3.53. The van der Waals surface area contributed by atoms with Gasteiger partial charge in [0.15, 0.2) is 5.82 Å². The number of alkyl halides is 3. The van der Waals surface area contributed by atoms with Crippen LogP contribution in [0.3, 0.4) is 0 Å². The van der Waals surface area contributed by atoms with Gasteiger partial charge < -0.3 is 10.3 Å². The molecule has 4 heterocycles. The summed E-state index contributed by atoms with van der Waals surface area (Å²) in [7, 11) is 0. The molecule has 1 aliphatic heterocycles. The molecule has 3 aromatic rings. The number of aromatic amines is 1. The fraction of sp³-hybridized carbons (Fsp3) is 0.478. The fourth-order valence-electron chi connectivity index (χ4n) is 4.44. The maximum Gasteiger partial charge on any atom is 0.396 e. The van der Waals surface area contributed by atoms with Gasteiger partial charge in [0.1, 0.15) is 5.65 Å². The Bertz CT molecular complexity index is 1210. The molecule has 3 aromatic heterocycles. The Morgan fingerprint density at radius 2 is 2.00 bits per heavy atom. The number of pyridine rings is 1. The van der Waals surface area contributed by atoms with Gasteiger partial charge in [-0.05, 0) is 43.7 Å². The first kappa shape index (κ1) is 20.9. The normalized spacial score (nSPS) is 19.7. The number of aromatic nitrogens is 4. The van der Waals surface area contributed by atoms with Gasteiger partial charge >= 0.3 is 6.18 Å². The molecule has 1 fully saturated rings. The smallest absolute Gasteiger partial charge is 0.353 e. The van der Waals surface area contributed by atoms with Gasteiger partial charge in [-0.2, -0.15) is 18.2 Å². The quantitative estimate of drug-likeness (QED) is 0.532. The van der Waals surface area contributed by atoms with E-state index in [2.05, 4.69) is 52.1 Å². The van der Waals surface area contributed by atoms with Crippen LogP contribution < -0.4 is 5.32 Å². The summed E-state index contributed by atoms with van der Waals surface area (Å²) in [4.78, 5) is 21.0. The molecule has 0 aromatic carbocycles. The van der Waals surface area contributed by atoms with Crippen LogP contribution in [-0.4, -0.2) is 38.4 Å². The van der Waals surface area contributed by atoms with Crippen molar-refractivity contribution in [2.75, 3.05) is 11.9 Å². The zero-order valence-corrected chi connectivity index (χ0v) is 18.2. The summed E-state index contributed by atoms with van der Waals surface area (Å²) in [6, 6.07) is 2.11. The molecule has 5 rings (SSSR count). The van der Waals surface area contributed by atoms with Gasteiger partial charge in [-0.1, -0.05) is 13.8 Å². The van der Waals surface area contributed by atoms with Crippen molar-refractivity contribution >= 4 is 28.5 Å². The van der Waals surface area contributed by atoms with Gasteiger partial charge in [0.25, 0.3) is 0 Å². The average molecular weight is 442 g/mol. The topological polar surface area (TPSA) is 78.8 Å². The first-order valence-corrected chi connectivity index (χ1v) is 10.9. The minimum absolute atomic E-state index is 0.144. The summed E-state index contributed by atoms with van der Waals surface area (Å²) < 4.78 is 39.5. The SMILES string of the molecule is CC1=Nc2ncc(-c3c[nH]c4nc(NCC5(C(F)(F)F)CC5)ncc34)cc2C[C@@H]1C(C)C. The molecule has 0 spiro atoms. The lowest BCUT2D eigenvalue weighted by molar-refractivity contribution is -0.182. The van der Waals surface area contributed by atoms with Gasteiger partial charge in [-0.3, -0.25) is 0 Å². The Hall–Kier alpha value is -2.97. The van der Waals surface area contributed by atoms with E-state index in [9.17, 15) is 13.2 Å². The van der Waals surface area contributed by atoms with E-state index in [4.69, 9.17) is 4.99 Å². The van der Waals surface area contributed by atoms with Crippen LogP contribution in [0.15, 0.2) is 29.6 Å². The van der Waals surface area contributed by atoms with Crippen molar-refractivity contribution in [1.82, 2.24) is 19.9 Å². The number of nitrogens with zero attached hydrogens (tertiary/aromatic N) is 4. The molecule has 1 atom stereocenters. The maximum absolute atomic E-state index is 13.2. The van der Waals surface area contributed by atoms with Crippen molar-refractivity contribution in [3.05, 3.63) is 30.2 Å². The Labute approximate surface area is 183 Å². The number of aliphatic imine (C=N–C) groups is 1. The van der Waals surface area contributed by atoms with E-state index in [-0.39, 0.29) is 25.3 Å². The number of fused-ring (bicyclic) bond motifs is 2. The van der Waals surface area contributed by atoms with Crippen molar-refractivity contribution < 1.29 is 13.2 Å². The van der Waals surface area contributed by atoms with Crippen LogP contribution in [0.5, 0.6) is 0 Å². The molecular formula is C23H25F3N6. The van der Waals surface area contributed by atoms with Crippen LogP contribution in [0, 0.1) is 17.3 Å². The lowest BCUT2D eigenvalue weighted by atomic mass is 9.84. The monoisotopic (exact) mass is 442 g/mol. The number of rotatable bonds is 5. The first-order chi connectivity index (χ1) is 15.2.